The molecule has 20 heavy (non-hydrogen) atoms. The summed E-state index contributed by atoms with van der Waals surface area (Å²) in [6.07, 6.45) is -4.54. The molecule has 0 amide bonds. The minimum absolute atomic E-state index is 0. The number of rotatable bonds is 2. The maximum absolute atomic E-state index is 13.9. The van der Waals surface area contributed by atoms with Crippen molar-refractivity contribution < 1.29 is 17.6 Å². The molecular weight excluding hydrogens is 319 g/mol. The van der Waals surface area contributed by atoms with E-state index in [4.69, 9.17) is 11.6 Å². The third-order valence-corrected chi connectivity index (χ3v) is 3.39. The fraction of sp³-hybridized carbons (Fsp3) is 0.500. The lowest BCUT2D eigenvalue weighted by Gasteiger charge is -2.36. The van der Waals surface area contributed by atoms with Crippen LogP contribution in [0.3, 0.4) is 0 Å². The van der Waals surface area contributed by atoms with Crippen LogP contribution in [0.5, 0.6) is 0 Å². The highest BCUT2D eigenvalue weighted by atomic mass is 35.5. The molecule has 1 heterocycles. The Balaban J connectivity index is 0.00000200. The lowest BCUT2D eigenvalue weighted by molar-refractivity contribution is -0.188. The van der Waals surface area contributed by atoms with E-state index in [0.717, 1.165) is 6.07 Å². The van der Waals surface area contributed by atoms with Crippen molar-refractivity contribution >= 4 is 24.0 Å². The zero-order valence-corrected chi connectivity index (χ0v) is 12.0. The Bertz CT molecular complexity index is 448. The van der Waals surface area contributed by atoms with Crippen LogP contribution in [-0.4, -0.2) is 37.3 Å². The highest BCUT2D eigenvalue weighted by Gasteiger charge is 2.46. The SMILES string of the molecule is Cl.Fc1c(Cl)cccc1[C@@H](N1CCNCC1)C(F)(F)F. The number of piperazine rings is 1. The molecule has 1 aromatic rings. The van der Waals surface area contributed by atoms with Gasteiger partial charge in [0.1, 0.15) is 11.9 Å². The number of benzene rings is 1. The molecule has 0 spiro atoms. The van der Waals surface area contributed by atoms with Crippen LogP contribution in [0.1, 0.15) is 11.6 Å². The molecule has 1 aliphatic rings. The Kier molecular flexibility index (Phi) is 6.06. The van der Waals surface area contributed by atoms with Crippen molar-refractivity contribution in [1.29, 1.82) is 0 Å². The van der Waals surface area contributed by atoms with Crippen molar-refractivity contribution in [3.05, 3.63) is 34.6 Å². The van der Waals surface area contributed by atoms with Crippen LogP contribution in [0.2, 0.25) is 5.02 Å². The minimum Gasteiger partial charge on any atom is -0.314 e. The lowest BCUT2D eigenvalue weighted by Crippen LogP contribution is -2.49. The van der Waals surface area contributed by atoms with E-state index in [-0.39, 0.29) is 30.5 Å². The van der Waals surface area contributed by atoms with Gasteiger partial charge in [-0.3, -0.25) is 4.90 Å². The average Bonchev–Trinajstić information content (AvgIpc) is 2.35. The Morgan fingerprint density at radius 1 is 1.20 bits per heavy atom. The van der Waals surface area contributed by atoms with E-state index in [0.29, 0.717) is 13.1 Å². The normalized spacial score (nSPS) is 18.4. The zero-order chi connectivity index (χ0) is 14.0. The number of nitrogens with one attached hydrogen (secondary N) is 1. The Morgan fingerprint density at radius 3 is 2.35 bits per heavy atom. The second kappa shape index (κ2) is 6.93. The first-order valence-corrected chi connectivity index (χ1v) is 6.24. The summed E-state index contributed by atoms with van der Waals surface area (Å²) in [5, 5.41) is 2.68. The quantitative estimate of drug-likeness (QED) is 0.835. The molecule has 1 saturated heterocycles. The molecular formula is C12H14Cl2F4N2. The van der Waals surface area contributed by atoms with Crippen LogP contribution < -0.4 is 5.32 Å². The summed E-state index contributed by atoms with van der Waals surface area (Å²) in [4.78, 5) is 1.23. The van der Waals surface area contributed by atoms with Crippen LogP contribution >= 0.6 is 24.0 Å². The Morgan fingerprint density at radius 2 is 1.80 bits per heavy atom. The molecule has 0 aliphatic carbocycles. The number of nitrogens with zero attached hydrogens (tertiary/aromatic N) is 1. The largest absolute Gasteiger partial charge is 0.408 e. The first-order chi connectivity index (χ1) is 8.91. The highest BCUT2D eigenvalue weighted by molar-refractivity contribution is 6.30. The third-order valence-electron chi connectivity index (χ3n) is 3.10. The molecule has 1 atom stereocenters. The second-order valence-electron chi connectivity index (χ2n) is 4.37. The fourth-order valence-electron chi connectivity index (χ4n) is 2.25. The second-order valence-corrected chi connectivity index (χ2v) is 4.78. The topological polar surface area (TPSA) is 15.3 Å². The van der Waals surface area contributed by atoms with Gasteiger partial charge in [0.25, 0.3) is 0 Å². The van der Waals surface area contributed by atoms with E-state index in [9.17, 15) is 17.6 Å². The van der Waals surface area contributed by atoms with Crippen molar-refractivity contribution in [2.75, 3.05) is 26.2 Å². The van der Waals surface area contributed by atoms with Crippen molar-refractivity contribution in [1.82, 2.24) is 10.2 Å². The van der Waals surface area contributed by atoms with E-state index in [1.807, 2.05) is 0 Å². The maximum Gasteiger partial charge on any atom is 0.408 e. The monoisotopic (exact) mass is 332 g/mol. The third kappa shape index (κ3) is 3.75. The van der Waals surface area contributed by atoms with Gasteiger partial charge in [-0.15, -0.1) is 12.4 Å². The van der Waals surface area contributed by atoms with Gasteiger partial charge in [-0.05, 0) is 6.07 Å². The Labute approximate surface area is 125 Å². The van der Waals surface area contributed by atoms with Gasteiger partial charge >= 0.3 is 6.18 Å². The van der Waals surface area contributed by atoms with Crippen LogP contribution in [0, 0.1) is 5.82 Å². The van der Waals surface area contributed by atoms with Crippen LogP contribution in [0.15, 0.2) is 18.2 Å². The van der Waals surface area contributed by atoms with Crippen LogP contribution in [-0.2, 0) is 0 Å². The summed E-state index contributed by atoms with van der Waals surface area (Å²) in [7, 11) is 0. The number of alkyl halides is 3. The van der Waals surface area contributed by atoms with Crippen LogP contribution in [0.4, 0.5) is 17.6 Å². The maximum atomic E-state index is 13.9. The molecule has 0 unspecified atom stereocenters. The lowest BCUT2D eigenvalue weighted by atomic mass is 10.0. The van der Waals surface area contributed by atoms with E-state index < -0.39 is 23.6 Å². The smallest absolute Gasteiger partial charge is 0.314 e. The molecule has 0 radical (unpaired) electrons. The highest BCUT2D eigenvalue weighted by Crippen LogP contribution is 2.39. The standard InChI is InChI=1S/C12H13ClF4N2.ClH/c13-9-3-1-2-8(10(9)14)11(12(15,16)17)19-6-4-18-5-7-19;/h1-3,11,18H,4-7H2;1H/t11-;/m1./s1. The van der Waals surface area contributed by atoms with E-state index in [2.05, 4.69) is 5.32 Å². The summed E-state index contributed by atoms with van der Waals surface area (Å²) < 4.78 is 53.6. The van der Waals surface area contributed by atoms with E-state index in [1.54, 1.807) is 0 Å². The summed E-state index contributed by atoms with van der Waals surface area (Å²) in [6, 6.07) is 1.77. The molecule has 0 saturated carbocycles. The van der Waals surface area contributed by atoms with Gasteiger partial charge in [-0.25, -0.2) is 4.39 Å². The molecule has 2 nitrogen and oxygen atoms in total. The van der Waals surface area contributed by atoms with Crippen molar-refractivity contribution in [3.8, 4) is 0 Å². The van der Waals surface area contributed by atoms with Crippen molar-refractivity contribution in [2.45, 2.75) is 12.2 Å². The number of hydrogen-bond acceptors (Lipinski definition) is 2. The van der Waals surface area contributed by atoms with Crippen molar-refractivity contribution in [3.63, 3.8) is 0 Å². The molecule has 0 bridgehead atoms. The first kappa shape index (κ1) is 17.5. The first-order valence-electron chi connectivity index (χ1n) is 5.86. The minimum atomic E-state index is -4.54. The van der Waals surface area contributed by atoms with Gasteiger partial charge < -0.3 is 5.32 Å². The van der Waals surface area contributed by atoms with Gasteiger partial charge in [0, 0.05) is 31.7 Å². The van der Waals surface area contributed by atoms with E-state index >= 15 is 0 Å². The predicted octanol–water partition coefficient (Wildman–Crippen LogP) is 3.41. The average molecular weight is 333 g/mol. The van der Waals surface area contributed by atoms with Gasteiger partial charge in [-0.2, -0.15) is 13.2 Å². The number of hydrogen-bond donors (Lipinski definition) is 1. The molecule has 1 fully saturated rings. The zero-order valence-electron chi connectivity index (χ0n) is 10.4. The molecule has 1 aliphatic heterocycles. The molecule has 2 rings (SSSR count). The molecule has 8 heteroatoms. The summed E-state index contributed by atoms with van der Waals surface area (Å²) in [6.45, 7) is 1.34. The molecule has 1 aromatic carbocycles. The summed E-state index contributed by atoms with van der Waals surface area (Å²) in [5.41, 5.74) is -0.415. The molecule has 0 aromatic heterocycles. The van der Waals surface area contributed by atoms with Gasteiger partial charge in [0.2, 0.25) is 0 Å². The van der Waals surface area contributed by atoms with Crippen molar-refractivity contribution in [2.24, 2.45) is 0 Å². The van der Waals surface area contributed by atoms with Gasteiger partial charge in [0.15, 0.2) is 0 Å². The van der Waals surface area contributed by atoms with E-state index in [1.165, 1.54) is 17.0 Å². The molecule has 114 valence electrons. The number of halogens is 6. The molecule has 1 N–H and O–H groups in total. The summed E-state index contributed by atoms with van der Waals surface area (Å²) >= 11 is 5.57. The predicted molar refractivity (Wildman–Crippen MR) is 71.9 cm³/mol. The van der Waals surface area contributed by atoms with Crippen LogP contribution in [0.25, 0.3) is 0 Å². The van der Waals surface area contributed by atoms with Gasteiger partial charge in [-0.1, -0.05) is 23.7 Å². The summed E-state index contributed by atoms with van der Waals surface area (Å²) in [5.74, 6) is -0.995. The van der Waals surface area contributed by atoms with Gasteiger partial charge in [0.05, 0.1) is 5.02 Å². The fourth-order valence-corrected chi connectivity index (χ4v) is 2.43. The Hall–Kier alpha value is -0.560.